The van der Waals surface area contributed by atoms with E-state index in [0.29, 0.717) is 6.04 Å². The lowest BCUT2D eigenvalue weighted by atomic mass is 9.73. The van der Waals surface area contributed by atoms with Crippen molar-refractivity contribution in [2.45, 2.75) is 84.3 Å². The molecule has 20 heavy (non-hydrogen) atoms. The normalized spacial score (nSPS) is 42.9. The van der Waals surface area contributed by atoms with Crippen molar-refractivity contribution in [1.29, 1.82) is 0 Å². The molecule has 0 heterocycles. The monoisotopic (exact) mass is 281 g/mol. The van der Waals surface area contributed by atoms with Gasteiger partial charge in [0.25, 0.3) is 0 Å². The van der Waals surface area contributed by atoms with Crippen LogP contribution in [0.25, 0.3) is 0 Å². The molecule has 2 rings (SSSR count). The summed E-state index contributed by atoms with van der Waals surface area (Å²) in [6.07, 6.45) is 8.36. The Morgan fingerprint density at radius 2 is 1.70 bits per heavy atom. The summed E-state index contributed by atoms with van der Waals surface area (Å²) in [5.41, 5.74) is -0.436. The van der Waals surface area contributed by atoms with E-state index in [1.54, 1.807) is 0 Å². The van der Waals surface area contributed by atoms with Gasteiger partial charge >= 0.3 is 0 Å². The van der Waals surface area contributed by atoms with E-state index in [9.17, 15) is 5.11 Å². The molecule has 2 N–H and O–H groups in total. The zero-order valence-corrected chi connectivity index (χ0v) is 14.0. The van der Waals surface area contributed by atoms with E-state index < -0.39 is 5.60 Å². The SMILES string of the molecule is CC1CCC(O)(CNC2CC(C)CCC2C(C)C)CC1. The fourth-order valence-electron chi connectivity index (χ4n) is 4.23. The predicted molar refractivity (Wildman–Crippen MR) is 85.7 cm³/mol. The highest BCUT2D eigenvalue weighted by atomic mass is 16.3. The average molecular weight is 281 g/mol. The van der Waals surface area contributed by atoms with Crippen LogP contribution in [0.5, 0.6) is 0 Å². The van der Waals surface area contributed by atoms with Gasteiger partial charge in [-0.15, -0.1) is 0 Å². The van der Waals surface area contributed by atoms with Crippen LogP contribution in [0.4, 0.5) is 0 Å². The molecule has 2 aliphatic rings. The lowest BCUT2D eigenvalue weighted by Crippen LogP contribution is -2.50. The molecule has 3 unspecified atom stereocenters. The van der Waals surface area contributed by atoms with Gasteiger partial charge in [0.2, 0.25) is 0 Å². The fraction of sp³-hybridized carbons (Fsp3) is 1.00. The van der Waals surface area contributed by atoms with Crippen molar-refractivity contribution in [3.8, 4) is 0 Å². The molecule has 0 aliphatic heterocycles. The van der Waals surface area contributed by atoms with Crippen molar-refractivity contribution in [2.75, 3.05) is 6.54 Å². The van der Waals surface area contributed by atoms with Gasteiger partial charge in [0.05, 0.1) is 5.60 Å². The molecule has 118 valence electrons. The summed E-state index contributed by atoms with van der Waals surface area (Å²) < 4.78 is 0. The van der Waals surface area contributed by atoms with Crippen molar-refractivity contribution in [3.05, 3.63) is 0 Å². The van der Waals surface area contributed by atoms with Crippen LogP contribution in [0, 0.1) is 23.7 Å². The highest BCUT2D eigenvalue weighted by Gasteiger charge is 2.35. The highest BCUT2D eigenvalue weighted by molar-refractivity contribution is 4.91. The van der Waals surface area contributed by atoms with Crippen molar-refractivity contribution in [1.82, 2.24) is 5.32 Å². The van der Waals surface area contributed by atoms with E-state index in [2.05, 4.69) is 33.0 Å². The molecule has 2 saturated carbocycles. The maximum Gasteiger partial charge on any atom is 0.0771 e. The van der Waals surface area contributed by atoms with Gasteiger partial charge in [0, 0.05) is 12.6 Å². The first kappa shape index (κ1) is 16.3. The molecule has 2 aliphatic carbocycles. The third-order valence-corrected chi connectivity index (χ3v) is 5.92. The molecule has 0 radical (unpaired) electrons. The molecule has 0 bridgehead atoms. The van der Waals surface area contributed by atoms with Crippen molar-refractivity contribution in [3.63, 3.8) is 0 Å². The first-order chi connectivity index (χ1) is 9.39. The third-order valence-electron chi connectivity index (χ3n) is 5.92. The molecule has 0 spiro atoms. The second kappa shape index (κ2) is 6.79. The van der Waals surface area contributed by atoms with Gasteiger partial charge in [-0.1, -0.05) is 34.1 Å². The molecule has 0 aromatic heterocycles. The van der Waals surface area contributed by atoms with E-state index in [-0.39, 0.29) is 0 Å². The highest BCUT2D eigenvalue weighted by Crippen LogP contribution is 2.35. The Bertz CT molecular complexity index is 294. The molecular weight excluding hydrogens is 246 g/mol. The lowest BCUT2D eigenvalue weighted by molar-refractivity contribution is -0.0127. The Morgan fingerprint density at radius 1 is 1.05 bits per heavy atom. The summed E-state index contributed by atoms with van der Waals surface area (Å²) in [6.45, 7) is 10.2. The fourth-order valence-corrected chi connectivity index (χ4v) is 4.23. The third kappa shape index (κ3) is 4.21. The van der Waals surface area contributed by atoms with Crippen LogP contribution < -0.4 is 5.32 Å². The first-order valence-electron chi connectivity index (χ1n) is 8.85. The van der Waals surface area contributed by atoms with Gasteiger partial charge in [-0.05, 0) is 62.2 Å². The summed E-state index contributed by atoms with van der Waals surface area (Å²) in [7, 11) is 0. The number of aliphatic hydroxyl groups is 1. The summed E-state index contributed by atoms with van der Waals surface area (Å²) in [5, 5.41) is 14.5. The molecular formula is C18H35NO. The van der Waals surface area contributed by atoms with Crippen LogP contribution in [0.3, 0.4) is 0 Å². The van der Waals surface area contributed by atoms with Crippen LogP contribution in [-0.4, -0.2) is 23.3 Å². The molecule has 0 aromatic carbocycles. The average Bonchev–Trinajstić information content (AvgIpc) is 2.40. The summed E-state index contributed by atoms with van der Waals surface area (Å²) in [6, 6.07) is 0.613. The first-order valence-corrected chi connectivity index (χ1v) is 8.85. The number of nitrogens with one attached hydrogen (secondary N) is 1. The Balaban J connectivity index is 1.87. The van der Waals surface area contributed by atoms with Crippen molar-refractivity contribution in [2.24, 2.45) is 23.7 Å². The van der Waals surface area contributed by atoms with Gasteiger partial charge < -0.3 is 10.4 Å². The zero-order chi connectivity index (χ0) is 14.8. The number of rotatable bonds is 4. The molecule has 2 nitrogen and oxygen atoms in total. The second-order valence-corrected chi connectivity index (χ2v) is 8.22. The van der Waals surface area contributed by atoms with E-state index in [1.807, 2.05) is 0 Å². The summed E-state index contributed by atoms with van der Waals surface area (Å²) >= 11 is 0. The van der Waals surface area contributed by atoms with Gasteiger partial charge in [-0.3, -0.25) is 0 Å². The van der Waals surface area contributed by atoms with E-state index >= 15 is 0 Å². The van der Waals surface area contributed by atoms with Gasteiger partial charge in [-0.25, -0.2) is 0 Å². The topological polar surface area (TPSA) is 32.3 Å². The molecule has 2 heteroatoms. The van der Waals surface area contributed by atoms with E-state index in [4.69, 9.17) is 0 Å². The Hall–Kier alpha value is -0.0800. The minimum absolute atomic E-state index is 0.436. The van der Waals surface area contributed by atoms with Crippen LogP contribution in [0.1, 0.15) is 72.6 Å². The maximum atomic E-state index is 10.7. The summed E-state index contributed by atoms with van der Waals surface area (Å²) in [5.74, 6) is 3.18. The number of hydrogen-bond acceptors (Lipinski definition) is 2. The van der Waals surface area contributed by atoms with Crippen molar-refractivity contribution >= 4 is 0 Å². The largest absolute Gasteiger partial charge is 0.389 e. The van der Waals surface area contributed by atoms with Crippen LogP contribution >= 0.6 is 0 Å². The molecule has 3 atom stereocenters. The minimum atomic E-state index is -0.436. The minimum Gasteiger partial charge on any atom is -0.389 e. The molecule has 0 saturated heterocycles. The smallest absolute Gasteiger partial charge is 0.0771 e. The molecule has 0 amide bonds. The predicted octanol–water partition coefficient (Wildman–Crippen LogP) is 3.98. The lowest BCUT2D eigenvalue weighted by Gasteiger charge is -2.41. The van der Waals surface area contributed by atoms with Gasteiger partial charge in [-0.2, -0.15) is 0 Å². The van der Waals surface area contributed by atoms with Crippen LogP contribution in [-0.2, 0) is 0 Å². The number of hydrogen-bond donors (Lipinski definition) is 2. The summed E-state index contributed by atoms with van der Waals surface area (Å²) in [4.78, 5) is 0. The quantitative estimate of drug-likeness (QED) is 0.817. The van der Waals surface area contributed by atoms with Gasteiger partial charge in [0.15, 0.2) is 0 Å². The molecule has 0 aromatic rings. The van der Waals surface area contributed by atoms with Crippen LogP contribution in [0.15, 0.2) is 0 Å². The van der Waals surface area contributed by atoms with Gasteiger partial charge in [0.1, 0.15) is 0 Å². The standard InChI is InChI=1S/C18H35NO/c1-13(2)16-6-5-15(4)11-17(16)19-12-18(20)9-7-14(3)8-10-18/h13-17,19-20H,5-12H2,1-4H3. The van der Waals surface area contributed by atoms with Crippen molar-refractivity contribution < 1.29 is 5.11 Å². The Labute approximate surface area is 125 Å². The van der Waals surface area contributed by atoms with E-state index in [0.717, 1.165) is 43.1 Å². The Kier molecular flexibility index (Phi) is 5.53. The maximum absolute atomic E-state index is 10.7. The van der Waals surface area contributed by atoms with Crippen LogP contribution in [0.2, 0.25) is 0 Å². The zero-order valence-electron chi connectivity index (χ0n) is 14.0. The Morgan fingerprint density at radius 3 is 2.30 bits per heavy atom. The second-order valence-electron chi connectivity index (χ2n) is 8.22. The molecule has 2 fully saturated rings. The van der Waals surface area contributed by atoms with E-state index in [1.165, 1.54) is 32.1 Å².